The number of rotatable bonds is 6. The Morgan fingerprint density at radius 1 is 1.14 bits per heavy atom. The van der Waals surface area contributed by atoms with Crippen LogP contribution in [0.4, 0.5) is 5.69 Å². The van der Waals surface area contributed by atoms with Gasteiger partial charge in [-0.05, 0) is 47.7 Å². The normalized spacial score (nSPS) is 11.5. The molecule has 0 aliphatic carbocycles. The second kappa shape index (κ2) is 7.98. The molecule has 4 aromatic rings. The zero-order chi connectivity index (χ0) is 20.4. The van der Waals surface area contributed by atoms with Crippen LogP contribution in [0.2, 0.25) is 5.02 Å². The Bertz CT molecular complexity index is 1250. The maximum atomic E-state index is 12.9. The average molecular weight is 446 g/mol. The second-order valence-electron chi connectivity index (χ2n) is 6.34. The summed E-state index contributed by atoms with van der Waals surface area (Å²) in [4.78, 5) is 5.45. The zero-order valence-corrected chi connectivity index (χ0v) is 17.7. The molecule has 0 saturated carbocycles. The first-order chi connectivity index (χ1) is 13.9. The molecule has 0 saturated heterocycles. The summed E-state index contributed by atoms with van der Waals surface area (Å²) < 4.78 is 33.8. The number of para-hydroxylation sites is 1. The smallest absolute Gasteiger partial charge is 0.262 e. The molecule has 148 valence electrons. The number of nitrogens with zero attached hydrogens (tertiary/aromatic N) is 2. The standard InChI is InChI=1S/C20H16ClN3O3S2/c1-13-8-9-15(21)12-18(13)29(25,26)24-16-6-3-2-5-14(16)11-19-22-20(23-27-19)17-7-4-10-28-17/h2-10,12,24H,11H2,1H3. The minimum atomic E-state index is -3.81. The lowest BCUT2D eigenvalue weighted by Crippen LogP contribution is -2.15. The predicted molar refractivity (Wildman–Crippen MR) is 114 cm³/mol. The van der Waals surface area contributed by atoms with E-state index in [2.05, 4.69) is 14.9 Å². The Labute approximate surface area is 177 Å². The number of hydrogen-bond donors (Lipinski definition) is 1. The fraction of sp³-hybridized carbons (Fsp3) is 0.100. The van der Waals surface area contributed by atoms with Crippen molar-refractivity contribution in [2.45, 2.75) is 18.2 Å². The molecule has 0 unspecified atom stereocenters. The topological polar surface area (TPSA) is 85.1 Å². The number of sulfonamides is 1. The molecule has 0 radical (unpaired) electrons. The van der Waals surface area contributed by atoms with E-state index in [0.29, 0.717) is 34.4 Å². The van der Waals surface area contributed by atoms with Crippen LogP contribution in [0.15, 0.2) is 69.4 Å². The summed E-state index contributed by atoms with van der Waals surface area (Å²) in [5.41, 5.74) is 1.77. The first-order valence-corrected chi connectivity index (χ1v) is 11.4. The van der Waals surface area contributed by atoms with E-state index < -0.39 is 10.0 Å². The van der Waals surface area contributed by atoms with Crippen LogP contribution in [0.5, 0.6) is 0 Å². The highest BCUT2D eigenvalue weighted by molar-refractivity contribution is 7.92. The SMILES string of the molecule is Cc1ccc(Cl)cc1S(=O)(=O)Nc1ccccc1Cc1nc(-c2cccs2)no1. The Morgan fingerprint density at radius 2 is 1.97 bits per heavy atom. The van der Waals surface area contributed by atoms with E-state index in [-0.39, 0.29) is 4.90 Å². The van der Waals surface area contributed by atoms with Gasteiger partial charge in [0.05, 0.1) is 21.9 Å². The quantitative estimate of drug-likeness (QED) is 0.443. The first kappa shape index (κ1) is 19.6. The van der Waals surface area contributed by atoms with Crippen LogP contribution in [-0.2, 0) is 16.4 Å². The Kier molecular flexibility index (Phi) is 5.40. The first-order valence-electron chi connectivity index (χ1n) is 8.66. The van der Waals surface area contributed by atoms with Crippen molar-refractivity contribution in [1.82, 2.24) is 10.1 Å². The van der Waals surface area contributed by atoms with E-state index in [1.807, 2.05) is 29.6 Å². The zero-order valence-electron chi connectivity index (χ0n) is 15.3. The number of thiophene rings is 1. The highest BCUT2D eigenvalue weighted by atomic mass is 35.5. The van der Waals surface area contributed by atoms with E-state index in [0.717, 1.165) is 10.4 Å². The number of aryl methyl sites for hydroxylation is 1. The van der Waals surface area contributed by atoms with Gasteiger partial charge in [-0.2, -0.15) is 4.98 Å². The predicted octanol–water partition coefficient (Wildman–Crippen LogP) is 5.15. The summed E-state index contributed by atoms with van der Waals surface area (Å²) in [6, 6.07) is 15.7. The maximum Gasteiger partial charge on any atom is 0.262 e. The molecular weight excluding hydrogens is 430 g/mol. The van der Waals surface area contributed by atoms with E-state index >= 15 is 0 Å². The van der Waals surface area contributed by atoms with Gasteiger partial charge < -0.3 is 4.52 Å². The summed E-state index contributed by atoms with van der Waals surface area (Å²) >= 11 is 7.51. The van der Waals surface area contributed by atoms with Crippen molar-refractivity contribution in [3.8, 4) is 10.7 Å². The van der Waals surface area contributed by atoms with Crippen LogP contribution < -0.4 is 4.72 Å². The monoisotopic (exact) mass is 445 g/mol. The third-order valence-electron chi connectivity index (χ3n) is 4.25. The number of aromatic nitrogens is 2. The molecule has 4 rings (SSSR count). The van der Waals surface area contributed by atoms with Gasteiger partial charge in [0.15, 0.2) is 0 Å². The van der Waals surface area contributed by atoms with Crippen molar-refractivity contribution >= 4 is 38.6 Å². The molecule has 0 bridgehead atoms. The highest BCUT2D eigenvalue weighted by Crippen LogP contribution is 2.27. The number of benzene rings is 2. The third kappa shape index (κ3) is 4.34. The summed E-state index contributed by atoms with van der Waals surface area (Å²) in [6.07, 6.45) is 0.297. The molecule has 0 atom stereocenters. The molecular formula is C20H16ClN3O3S2. The lowest BCUT2D eigenvalue weighted by Gasteiger charge is -2.13. The molecule has 1 N–H and O–H groups in total. The molecule has 0 spiro atoms. The molecule has 0 fully saturated rings. The lowest BCUT2D eigenvalue weighted by atomic mass is 10.1. The minimum Gasteiger partial charge on any atom is -0.339 e. The van der Waals surface area contributed by atoms with Gasteiger partial charge in [-0.25, -0.2) is 8.42 Å². The van der Waals surface area contributed by atoms with E-state index in [9.17, 15) is 8.42 Å². The molecule has 0 aliphatic rings. The Hall–Kier alpha value is -2.68. The minimum absolute atomic E-state index is 0.137. The van der Waals surface area contributed by atoms with E-state index in [4.69, 9.17) is 16.1 Å². The van der Waals surface area contributed by atoms with Gasteiger partial charge in [0.1, 0.15) is 0 Å². The molecule has 29 heavy (non-hydrogen) atoms. The Morgan fingerprint density at radius 3 is 2.76 bits per heavy atom. The van der Waals surface area contributed by atoms with Gasteiger partial charge in [0.25, 0.3) is 10.0 Å². The van der Waals surface area contributed by atoms with Crippen molar-refractivity contribution in [2.75, 3.05) is 4.72 Å². The van der Waals surface area contributed by atoms with Gasteiger partial charge in [-0.3, -0.25) is 4.72 Å². The van der Waals surface area contributed by atoms with Crippen LogP contribution in [0.25, 0.3) is 10.7 Å². The second-order valence-corrected chi connectivity index (χ2v) is 9.37. The van der Waals surface area contributed by atoms with Gasteiger partial charge >= 0.3 is 0 Å². The van der Waals surface area contributed by atoms with Gasteiger partial charge in [-0.1, -0.05) is 47.1 Å². The molecule has 2 aromatic heterocycles. The van der Waals surface area contributed by atoms with E-state index in [1.165, 1.54) is 17.4 Å². The van der Waals surface area contributed by atoms with Crippen molar-refractivity contribution in [3.63, 3.8) is 0 Å². The summed E-state index contributed by atoms with van der Waals surface area (Å²) in [6.45, 7) is 1.72. The summed E-state index contributed by atoms with van der Waals surface area (Å²) in [7, 11) is -3.81. The van der Waals surface area contributed by atoms with Crippen LogP contribution in [0.3, 0.4) is 0 Å². The molecule has 2 aromatic carbocycles. The number of nitrogens with one attached hydrogen (secondary N) is 1. The van der Waals surface area contributed by atoms with Crippen molar-refractivity contribution in [3.05, 3.63) is 82.0 Å². The summed E-state index contributed by atoms with van der Waals surface area (Å²) in [5, 5.41) is 6.29. The van der Waals surface area contributed by atoms with Crippen LogP contribution in [0.1, 0.15) is 17.0 Å². The maximum absolute atomic E-state index is 12.9. The number of halogens is 1. The molecule has 0 aliphatic heterocycles. The molecule has 0 amide bonds. The largest absolute Gasteiger partial charge is 0.339 e. The van der Waals surface area contributed by atoms with Gasteiger partial charge in [0, 0.05) is 5.02 Å². The van der Waals surface area contributed by atoms with E-state index in [1.54, 1.807) is 31.2 Å². The fourth-order valence-electron chi connectivity index (χ4n) is 2.83. The number of anilines is 1. The van der Waals surface area contributed by atoms with Crippen molar-refractivity contribution < 1.29 is 12.9 Å². The van der Waals surface area contributed by atoms with Crippen LogP contribution >= 0.6 is 22.9 Å². The lowest BCUT2D eigenvalue weighted by molar-refractivity contribution is 0.386. The Balaban J connectivity index is 1.61. The van der Waals surface area contributed by atoms with Crippen molar-refractivity contribution in [1.29, 1.82) is 0 Å². The molecule has 2 heterocycles. The van der Waals surface area contributed by atoms with Gasteiger partial charge in [0.2, 0.25) is 11.7 Å². The fourth-order valence-corrected chi connectivity index (χ4v) is 5.09. The van der Waals surface area contributed by atoms with Crippen LogP contribution in [-0.4, -0.2) is 18.6 Å². The van der Waals surface area contributed by atoms with Gasteiger partial charge in [-0.15, -0.1) is 11.3 Å². The third-order valence-corrected chi connectivity index (χ3v) is 6.86. The highest BCUT2D eigenvalue weighted by Gasteiger charge is 2.20. The van der Waals surface area contributed by atoms with Crippen LogP contribution in [0, 0.1) is 6.92 Å². The average Bonchev–Trinajstić information content (AvgIpc) is 3.37. The van der Waals surface area contributed by atoms with Crippen molar-refractivity contribution in [2.24, 2.45) is 0 Å². The number of hydrogen-bond acceptors (Lipinski definition) is 6. The molecule has 9 heteroatoms. The molecule has 6 nitrogen and oxygen atoms in total. The summed E-state index contributed by atoms with van der Waals surface area (Å²) in [5.74, 6) is 0.918.